The summed E-state index contributed by atoms with van der Waals surface area (Å²) in [6.45, 7) is 0. The molecule has 0 spiro atoms. The molecule has 0 saturated heterocycles. The molecule has 0 atom stereocenters. The molecule has 1 aromatic carbocycles. The Labute approximate surface area is 124 Å². The predicted molar refractivity (Wildman–Crippen MR) is 80.2 cm³/mol. The van der Waals surface area contributed by atoms with Crippen molar-refractivity contribution in [3.05, 3.63) is 33.3 Å². The first kappa shape index (κ1) is 13.2. The number of rotatable bonds is 3. The van der Waals surface area contributed by atoms with Crippen LogP contribution in [-0.4, -0.2) is 16.1 Å². The van der Waals surface area contributed by atoms with E-state index in [4.69, 9.17) is 17.3 Å². The number of hydrogen-bond acceptors (Lipinski definition) is 5. The Hall–Kier alpha value is -1.79. The van der Waals surface area contributed by atoms with E-state index in [0.717, 1.165) is 25.0 Å². The van der Waals surface area contributed by atoms with Crippen molar-refractivity contribution in [3.63, 3.8) is 0 Å². The van der Waals surface area contributed by atoms with Crippen molar-refractivity contribution in [1.82, 2.24) is 4.98 Å². The molecule has 2 aromatic rings. The molecule has 0 radical (unpaired) electrons. The Kier molecular flexibility index (Phi) is 3.27. The van der Waals surface area contributed by atoms with E-state index >= 15 is 0 Å². The number of nitrogens with zero attached hydrogens (tertiary/aromatic N) is 1. The van der Waals surface area contributed by atoms with E-state index < -0.39 is 5.97 Å². The highest BCUT2D eigenvalue weighted by atomic mass is 35.5. The second kappa shape index (κ2) is 4.96. The van der Waals surface area contributed by atoms with Gasteiger partial charge in [0.15, 0.2) is 5.13 Å². The number of anilines is 3. The first-order valence-electron chi connectivity index (χ1n) is 6.12. The standard InChI is InChI=1S/C13H12ClN3O2S/c14-8-5-6(15)4-7(12(18)19)11(8)17-13-16-9-2-1-3-10(9)20-13/h4-5H,1-3,15H2,(H,16,17)(H,18,19). The number of carbonyl (C=O) groups is 1. The summed E-state index contributed by atoms with van der Waals surface area (Å²) < 4.78 is 0. The second-order valence-corrected chi connectivity index (χ2v) is 6.09. The molecule has 0 fully saturated rings. The molecule has 1 heterocycles. The van der Waals surface area contributed by atoms with Gasteiger partial charge in [0.2, 0.25) is 0 Å². The molecule has 7 heteroatoms. The minimum Gasteiger partial charge on any atom is -0.478 e. The molecule has 104 valence electrons. The van der Waals surface area contributed by atoms with Gasteiger partial charge in [-0.3, -0.25) is 0 Å². The first-order chi connectivity index (χ1) is 9.54. The average molecular weight is 310 g/mol. The van der Waals surface area contributed by atoms with E-state index in [1.165, 1.54) is 17.0 Å². The first-order valence-corrected chi connectivity index (χ1v) is 7.32. The Balaban J connectivity index is 1.99. The summed E-state index contributed by atoms with van der Waals surface area (Å²) in [4.78, 5) is 17.0. The minimum atomic E-state index is -1.08. The van der Waals surface area contributed by atoms with Gasteiger partial charge in [-0.05, 0) is 31.4 Å². The number of aryl methyl sites for hydroxylation is 2. The van der Waals surface area contributed by atoms with Gasteiger partial charge in [-0.25, -0.2) is 9.78 Å². The van der Waals surface area contributed by atoms with E-state index in [9.17, 15) is 9.90 Å². The number of carboxylic acids is 1. The fourth-order valence-electron chi connectivity index (χ4n) is 2.27. The molecule has 0 unspecified atom stereocenters. The van der Waals surface area contributed by atoms with Crippen LogP contribution in [0, 0.1) is 0 Å². The van der Waals surface area contributed by atoms with Crippen molar-refractivity contribution in [2.75, 3.05) is 11.1 Å². The zero-order chi connectivity index (χ0) is 14.3. The summed E-state index contributed by atoms with van der Waals surface area (Å²) >= 11 is 7.64. The molecule has 5 nitrogen and oxygen atoms in total. The normalized spacial score (nSPS) is 13.2. The van der Waals surface area contributed by atoms with Gasteiger partial charge in [0.05, 0.1) is 22.0 Å². The highest BCUT2D eigenvalue weighted by Crippen LogP contribution is 2.36. The van der Waals surface area contributed by atoms with Crippen LogP contribution < -0.4 is 11.1 Å². The molecular weight excluding hydrogens is 298 g/mol. The van der Waals surface area contributed by atoms with E-state index in [2.05, 4.69) is 10.3 Å². The van der Waals surface area contributed by atoms with Gasteiger partial charge < -0.3 is 16.2 Å². The smallest absolute Gasteiger partial charge is 0.337 e. The number of thiazole rings is 1. The van der Waals surface area contributed by atoms with Crippen LogP contribution in [0.1, 0.15) is 27.3 Å². The average Bonchev–Trinajstić information content (AvgIpc) is 2.92. The van der Waals surface area contributed by atoms with E-state index in [1.807, 2.05) is 0 Å². The van der Waals surface area contributed by atoms with E-state index in [1.54, 1.807) is 11.3 Å². The third-order valence-corrected chi connectivity index (χ3v) is 4.54. The lowest BCUT2D eigenvalue weighted by atomic mass is 10.1. The summed E-state index contributed by atoms with van der Waals surface area (Å²) in [5.74, 6) is -1.08. The number of halogens is 1. The SMILES string of the molecule is Nc1cc(Cl)c(Nc2nc3c(s2)CCC3)c(C(=O)O)c1. The molecular formula is C13H12ClN3O2S. The summed E-state index contributed by atoms with van der Waals surface area (Å²) in [7, 11) is 0. The predicted octanol–water partition coefficient (Wildman–Crippen LogP) is 3.31. The molecule has 4 N–H and O–H groups in total. The summed E-state index contributed by atoms with van der Waals surface area (Å²) in [5.41, 5.74) is 7.43. The molecule has 0 aliphatic heterocycles. The molecule has 0 saturated carbocycles. The Morgan fingerprint density at radius 3 is 2.95 bits per heavy atom. The van der Waals surface area contributed by atoms with Crippen molar-refractivity contribution in [3.8, 4) is 0 Å². The van der Waals surface area contributed by atoms with Crippen LogP contribution in [-0.2, 0) is 12.8 Å². The quantitative estimate of drug-likeness (QED) is 0.757. The Bertz CT molecular complexity index is 678. The summed E-state index contributed by atoms with van der Waals surface area (Å²) in [5, 5.41) is 13.2. The Morgan fingerprint density at radius 2 is 2.25 bits per heavy atom. The monoisotopic (exact) mass is 309 g/mol. The topological polar surface area (TPSA) is 88.2 Å². The highest BCUT2D eigenvalue weighted by Gasteiger charge is 2.20. The lowest BCUT2D eigenvalue weighted by Gasteiger charge is -2.10. The van der Waals surface area contributed by atoms with Crippen molar-refractivity contribution in [1.29, 1.82) is 0 Å². The van der Waals surface area contributed by atoms with Gasteiger partial charge in [0.1, 0.15) is 0 Å². The molecule has 1 aliphatic rings. The zero-order valence-corrected chi connectivity index (χ0v) is 12.0. The number of hydrogen-bond donors (Lipinski definition) is 3. The fraction of sp³-hybridized carbons (Fsp3) is 0.231. The number of fused-ring (bicyclic) bond motifs is 1. The second-order valence-electron chi connectivity index (χ2n) is 4.60. The number of aromatic carboxylic acids is 1. The van der Waals surface area contributed by atoms with Gasteiger partial charge in [-0.1, -0.05) is 11.6 Å². The third-order valence-electron chi connectivity index (χ3n) is 3.17. The fourth-order valence-corrected chi connectivity index (χ4v) is 3.60. The van der Waals surface area contributed by atoms with Crippen LogP contribution in [0.4, 0.5) is 16.5 Å². The maximum Gasteiger partial charge on any atom is 0.337 e. The van der Waals surface area contributed by atoms with Crippen LogP contribution in [0.15, 0.2) is 12.1 Å². The maximum atomic E-state index is 11.3. The largest absolute Gasteiger partial charge is 0.478 e. The summed E-state index contributed by atoms with van der Waals surface area (Å²) in [6.07, 6.45) is 3.15. The number of nitrogens with one attached hydrogen (secondary N) is 1. The number of benzene rings is 1. The summed E-state index contributed by atoms with van der Waals surface area (Å²) in [6, 6.07) is 2.91. The molecule has 20 heavy (non-hydrogen) atoms. The highest BCUT2D eigenvalue weighted by molar-refractivity contribution is 7.15. The third kappa shape index (κ3) is 2.32. The molecule has 3 rings (SSSR count). The van der Waals surface area contributed by atoms with Crippen LogP contribution in [0.25, 0.3) is 0 Å². The van der Waals surface area contributed by atoms with Crippen LogP contribution in [0.5, 0.6) is 0 Å². The van der Waals surface area contributed by atoms with Crippen LogP contribution >= 0.6 is 22.9 Å². The van der Waals surface area contributed by atoms with Crippen molar-refractivity contribution in [2.24, 2.45) is 0 Å². The lowest BCUT2D eigenvalue weighted by molar-refractivity contribution is 0.0698. The van der Waals surface area contributed by atoms with Gasteiger partial charge in [-0.2, -0.15) is 0 Å². The zero-order valence-electron chi connectivity index (χ0n) is 10.4. The number of nitrogens with two attached hydrogens (primary N) is 1. The van der Waals surface area contributed by atoms with Crippen LogP contribution in [0.2, 0.25) is 5.02 Å². The minimum absolute atomic E-state index is 0.0466. The molecule has 1 aliphatic carbocycles. The number of carboxylic acid groups (broad SMARTS) is 1. The van der Waals surface area contributed by atoms with E-state index in [-0.39, 0.29) is 10.6 Å². The van der Waals surface area contributed by atoms with Crippen molar-refractivity contribution >= 4 is 45.4 Å². The van der Waals surface area contributed by atoms with Gasteiger partial charge in [-0.15, -0.1) is 11.3 Å². The van der Waals surface area contributed by atoms with E-state index in [0.29, 0.717) is 16.5 Å². The molecule has 1 aromatic heterocycles. The molecule has 0 amide bonds. The number of aromatic nitrogens is 1. The number of nitrogen functional groups attached to an aromatic ring is 1. The van der Waals surface area contributed by atoms with Gasteiger partial charge in [0, 0.05) is 10.6 Å². The van der Waals surface area contributed by atoms with Gasteiger partial charge in [0.25, 0.3) is 0 Å². The van der Waals surface area contributed by atoms with Crippen LogP contribution in [0.3, 0.4) is 0 Å². The van der Waals surface area contributed by atoms with Crippen molar-refractivity contribution in [2.45, 2.75) is 19.3 Å². The van der Waals surface area contributed by atoms with Crippen molar-refractivity contribution < 1.29 is 9.90 Å². The molecule has 0 bridgehead atoms. The maximum absolute atomic E-state index is 11.3. The van der Waals surface area contributed by atoms with Gasteiger partial charge >= 0.3 is 5.97 Å². The Morgan fingerprint density at radius 1 is 1.45 bits per heavy atom. The lowest BCUT2D eigenvalue weighted by Crippen LogP contribution is -2.05.